The first-order valence-electron chi connectivity index (χ1n) is 12.3. The van der Waals surface area contributed by atoms with E-state index in [1.165, 1.54) is 30.7 Å². The van der Waals surface area contributed by atoms with E-state index in [9.17, 15) is 22.3 Å². The predicted molar refractivity (Wildman–Crippen MR) is 136 cm³/mol. The molecule has 0 bridgehead atoms. The van der Waals surface area contributed by atoms with E-state index in [1.807, 2.05) is 0 Å². The molecule has 1 saturated heterocycles. The van der Waals surface area contributed by atoms with Gasteiger partial charge in [-0.1, -0.05) is 18.2 Å². The Hall–Kier alpha value is -3.71. The van der Waals surface area contributed by atoms with Crippen LogP contribution in [-0.4, -0.2) is 64.1 Å². The predicted octanol–water partition coefficient (Wildman–Crippen LogP) is 3.51. The Bertz CT molecular complexity index is 1660. The van der Waals surface area contributed by atoms with Crippen molar-refractivity contribution in [2.45, 2.75) is 31.5 Å². The molecule has 9 nitrogen and oxygen atoms in total. The van der Waals surface area contributed by atoms with Crippen LogP contribution in [0.1, 0.15) is 36.2 Å². The number of nitrogens with zero attached hydrogens (tertiary/aromatic N) is 5. The largest absolute Gasteiger partial charge is 0.435 e. The number of hydrogen-bond donors (Lipinski definition) is 1. The maximum Gasteiger partial charge on any atom is 0.387 e. The number of imidazole rings is 1. The quantitative estimate of drug-likeness (QED) is 0.396. The summed E-state index contributed by atoms with van der Waals surface area (Å²) in [7, 11) is -3.06. The number of benzene rings is 1. The molecule has 6 rings (SSSR count). The van der Waals surface area contributed by atoms with Crippen molar-refractivity contribution in [3.63, 3.8) is 0 Å². The van der Waals surface area contributed by atoms with Crippen molar-refractivity contribution in [1.29, 1.82) is 0 Å². The lowest BCUT2D eigenvalue weighted by atomic mass is 9.93. The topological polar surface area (TPSA) is 110 Å². The van der Waals surface area contributed by atoms with E-state index >= 15 is 4.39 Å². The summed E-state index contributed by atoms with van der Waals surface area (Å²) in [6, 6.07) is 7.63. The number of pyridine rings is 1. The van der Waals surface area contributed by atoms with Gasteiger partial charge in [-0.25, -0.2) is 27.8 Å². The molecule has 0 saturated carbocycles. The minimum absolute atomic E-state index is 0.00654. The van der Waals surface area contributed by atoms with E-state index in [2.05, 4.69) is 15.0 Å². The molecule has 1 fully saturated rings. The molecule has 13 heteroatoms. The number of fused-ring (bicyclic) bond motifs is 3. The third-order valence-electron chi connectivity index (χ3n) is 7.28. The first-order chi connectivity index (χ1) is 18.5. The first-order valence-corrected chi connectivity index (χ1v) is 14.1. The Morgan fingerprint density at radius 1 is 1.15 bits per heavy atom. The summed E-state index contributed by atoms with van der Waals surface area (Å²) in [6.07, 6.45) is 4.64. The molecule has 1 aromatic carbocycles. The molecule has 1 N–H and O–H groups in total. The van der Waals surface area contributed by atoms with Gasteiger partial charge in [-0.15, -0.1) is 0 Å². The molecule has 0 spiro atoms. The zero-order valence-electron chi connectivity index (χ0n) is 20.8. The lowest BCUT2D eigenvalue weighted by Crippen LogP contribution is -2.41. The Labute approximate surface area is 221 Å². The number of halogens is 3. The number of aromatic nitrogens is 4. The van der Waals surface area contributed by atoms with Gasteiger partial charge in [0.1, 0.15) is 22.8 Å². The van der Waals surface area contributed by atoms with Crippen molar-refractivity contribution in [3.8, 4) is 16.9 Å². The molecule has 0 amide bonds. The van der Waals surface area contributed by atoms with E-state index in [1.54, 1.807) is 34.4 Å². The summed E-state index contributed by atoms with van der Waals surface area (Å²) in [4.78, 5) is 14.9. The van der Waals surface area contributed by atoms with Gasteiger partial charge in [-0.2, -0.15) is 8.78 Å². The molecule has 4 heterocycles. The molecule has 2 aliphatic rings. The average Bonchev–Trinajstić information content (AvgIpc) is 3.38. The molecule has 39 heavy (non-hydrogen) atoms. The van der Waals surface area contributed by atoms with Gasteiger partial charge in [0.2, 0.25) is 5.95 Å². The number of hydrogen-bond acceptors (Lipinski definition) is 8. The smallest absolute Gasteiger partial charge is 0.387 e. The van der Waals surface area contributed by atoms with Crippen LogP contribution in [-0.2, 0) is 15.4 Å². The summed E-state index contributed by atoms with van der Waals surface area (Å²) >= 11 is 0. The summed E-state index contributed by atoms with van der Waals surface area (Å²) in [5.41, 5.74) is 0.779. The van der Waals surface area contributed by atoms with Crippen molar-refractivity contribution < 1.29 is 31.4 Å². The second-order valence-electron chi connectivity index (χ2n) is 9.97. The molecule has 4 aromatic rings. The lowest BCUT2D eigenvalue weighted by Gasteiger charge is -2.26. The fourth-order valence-electron chi connectivity index (χ4n) is 5.38. The number of alkyl halides is 2. The van der Waals surface area contributed by atoms with E-state index in [0.29, 0.717) is 28.5 Å². The number of para-hydroxylation sites is 1. The van der Waals surface area contributed by atoms with Gasteiger partial charge < -0.3 is 19.1 Å². The van der Waals surface area contributed by atoms with Crippen molar-refractivity contribution in [3.05, 3.63) is 71.7 Å². The molecule has 0 unspecified atom stereocenters. The summed E-state index contributed by atoms with van der Waals surface area (Å²) in [5.74, 6) is -0.744. The zero-order valence-corrected chi connectivity index (χ0v) is 21.6. The van der Waals surface area contributed by atoms with Crippen LogP contribution in [0.3, 0.4) is 0 Å². The van der Waals surface area contributed by atoms with Gasteiger partial charge in [-0.3, -0.25) is 0 Å². The monoisotopic (exact) mass is 559 g/mol. The fourth-order valence-corrected chi connectivity index (χ4v) is 6.58. The van der Waals surface area contributed by atoms with Crippen LogP contribution >= 0.6 is 0 Å². The Balaban J connectivity index is 1.41. The molecule has 3 aromatic heterocycles. The summed E-state index contributed by atoms with van der Waals surface area (Å²) < 4.78 is 71.4. The zero-order chi connectivity index (χ0) is 27.5. The fraction of sp³-hybridized carbons (Fsp3) is 0.346. The maximum atomic E-state index is 15.3. The normalized spacial score (nSPS) is 22.4. The number of sulfone groups is 1. The molecule has 2 atom stereocenters. The Kier molecular flexibility index (Phi) is 6.03. The van der Waals surface area contributed by atoms with Gasteiger partial charge in [0.15, 0.2) is 9.84 Å². The summed E-state index contributed by atoms with van der Waals surface area (Å²) in [5, 5.41) is 11.2. The van der Waals surface area contributed by atoms with Crippen LogP contribution in [0.4, 0.5) is 19.1 Å². The second kappa shape index (κ2) is 9.19. The highest BCUT2D eigenvalue weighted by molar-refractivity contribution is 7.91. The minimum Gasteiger partial charge on any atom is -0.435 e. The standard InChI is InChI=1S/C26H24F3N5O4S/c1-26(35)11-17(16-4-2-3-5-20(16)38-24(28)29)22-23(26)32-21-10-19(27)18(14-34(21)22)15-12-30-25(31-13-15)33-6-8-39(36,37)9-7-33/h2-5,10,12-14,17,24,35H,6-9,11H2,1H3/t17-,26+/m1/s1. The third-order valence-corrected chi connectivity index (χ3v) is 8.88. The molecule has 1 aliphatic carbocycles. The van der Waals surface area contributed by atoms with Gasteiger partial charge in [-0.05, 0) is 19.4 Å². The lowest BCUT2D eigenvalue weighted by molar-refractivity contribution is -0.0506. The van der Waals surface area contributed by atoms with Gasteiger partial charge >= 0.3 is 6.61 Å². The third kappa shape index (κ3) is 4.59. The van der Waals surface area contributed by atoms with Crippen LogP contribution in [0.15, 0.2) is 48.9 Å². The van der Waals surface area contributed by atoms with Crippen LogP contribution in [0.25, 0.3) is 16.8 Å². The van der Waals surface area contributed by atoms with Gasteiger partial charge in [0, 0.05) is 60.4 Å². The van der Waals surface area contributed by atoms with Crippen LogP contribution < -0.4 is 9.64 Å². The van der Waals surface area contributed by atoms with Crippen molar-refractivity contribution in [2.24, 2.45) is 0 Å². The second-order valence-corrected chi connectivity index (χ2v) is 12.3. The van der Waals surface area contributed by atoms with E-state index < -0.39 is 33.8 Å². The van der Waals surface area contributed by atoms with Crippen molar-refractivity contribution in [2.75, 3.05) is 29.5 Å². The van der Waals surface area contributed by atoms with Gasteiger partial charge in [0.25, 0.3) is 0 Å². The summed E-state index contributed by atoms with van der Waals surface area (Å²) in [6.45, 7) is -0.875. The highest BCUT2D eigenvalue weighted by Gasteiger charge is 2.45. The number of ether oxygens (including phenoxy) is 1. The highest BCUT2D eigenvalue weighted by Crippen LogP contribution is 2.49. The number of anilines is 1. The molecule has 1 aliphatic heterocycles. The van der Waals surface area contributed by atoms with Gasteiger partial charge in [0.05, 0.1) is 22.9 Å². The first kappa shape index (κ1) is 25.6. The molecular weight excluding hydrogens is 535 g/mol. The van der Waals surface area contributed by atoms with E-state index in [4.69, 9.17) is 4.74 Å². The van der Waals surface area contributed by atoms with Crippen LogP contribution in [0.2, 0.25) is 0 Å². The van der Waals surface area contributed by atoms with Crippen LogP contribution in [0, 0.1) is 5.82 Å². The Morgan fingerprint density at radius 3 is 2.54 bits per heavy atom. The number of rotatable bonds is 5. The number of aliphatic hydroxyl groups is 1. The van der Waals surface area contributed by atoms with Crippen molar-refractivity contribution in [1.82, 2.24) is 19.4 Å². The highest BCUT2D eigenvalue weighted by atomic mass is 32.2. The molecule has 0 radical (unpaired) electrons. The van der Waals surface area contributed by atoms with E-state index in [0.717, 1.165) is 0 Å². The minimum atomic E-state index is -3.06. The Morgan fingerprint density at radius 2 is 1.85 bits per heavy atom. The maximum absolute atomic E-state index is 15.3. The molecular formula is C26H24F3N5O4S. The van der Waals surface area contributed by atoms with E-state index in [-0.39, 0.29) is 48.0 Å². The van der Waals surface area contributed by atoms with Crippen molar-refractivity contribution >= 4 is 21.4 Å². The average molecular weight is 560 g/mol. The van der Waals surface area contributed by atoms with Crippen LogP contribution in [0.5, 0.6) is 5.75 Å². The molecule has 204 valence electrons. The SMILES string of the molecule is C[C@]1(O)C[C@H](c2ccccc2OC(F)F)c2c1nc1cc(F)c(-c3cnc(N4CCS(=O)(=O)CC4)nc3)cn21.